The van der Waals surface area contributed by atoms with Crippen molar-refractivity contribution < 1.29 is 22.8 Å². The largest absolute Gasteiger partial charge is 0.354 e. The van der Waals surface area contributed by atoms with Gasteiger partial charge >= 0.3 is 6.03 Å². The van der Waals surface area contributed by atoms with Gasteiger partial charge in [0.2, 0.25) is 15.9 Å². The van der Waals surface area contributed by atoms with Crippen LogP contribution in [-0.4, -0.2) is 49.8 Å². The van der Waals surface area contributed by atoms with Crippen molar-refractivity contribution in [3.63, 3.8) is 0 Å². The molecule has 2 fully saturated rings. The van der Waals surface area contributed by atoms with Crippen LogP contribution in [0.25, 0.3) is 0 Å². The molecule has 1 saturated heterocycles. The highest BCUT2D eigenvalue weighted by Gasteiger charge is 2.56. The maximum atomic E-state index is 13.1. The van der Waals surface area contributed by atoms with Crippen molar-refractivity contribution in [3.05, 3.63) is 29.8 Å². The number of urea groups is 1. The van der Waals surface area contributed by atoms with E-state index >= 15 is 0 Å². The summed E-state index contributed by atoms with van der Waals surface area (Å²) in [7, 11) is -3.75. The summed E-state index contributed by atoms with van der Waals surface area (Å²) in [4.78, 5) is 38.9. The van der Waals surface area contributed by atoms with E-state index in [1.165, 1.54) is 12.1 Å². The molecule has 2 unspecified atom stereocenters. The molecule has 0 bridgehead atoms. The van der Waals surface area contributed by atoms with E-state index in [1.54, 1.807) is 12.1 Å². The van der Waals surface area contributed by atoms with E-state index in [9.17, 15) is 22.8 Å². The maximum absolute atomic E-state index is 13.1. The monoisotopic (exact) mass is 450 g/mol. The van der Waals surface area contributed by atoms with Crippen LogP contribution in [-0.2, 0) is 26.0 Å². The molecule has 2 atom stereocenters. The lowest BCUT2D eigenvalue weighted by Gasteiger charge is -2.43. The standard InChI is InChI=1S/C21H30N4O5S/c1-14-10-20(2,3)13-21(11-14)18(27)25(19(28)24-21)12-17(26)23-9-8-15-4-6-16(7-5-15)31(22,29)30/h4-7,14H,8-13H2,1-3H3,(H,23,26)(H,24,28)(H2,22,29,30). The second-order valence-electron chi connectivity index (χ2n) is 9.55. The molecule has 4 N–H and O–H groups in total. The summed E-state index contributed by atoms with van der Waals surface area (Å²) < 4.78 is 22.6. The number of primary sulfonamides is 1. The van der Waals surface area contributed by atoms with E-state index < -0.39 is 27.5 Å². The molecular weight excluding hydrogens is 420 g/mol. The summed E-state index contributed by atoms with van der Waals surface area (Å²) in [6.45, 7) is 6.22. The summed E-state index contributed by atoms with van der Waals surface area (Å²) in [5.74, 6) is -0.460. The lowest BCUT2D eigenvalue weighted by molar-refractivity contribution is -0.137. The molecule has 0 aromatic heterocycles. The number of carbonyl (C=O) groups excluding carboxylic acids is 3. The Bertz CT molecular complexity index is 990. The average molecular weight is 451 g/mol. The number of amides is 4. The van der Waals surface area contributed by atoms with Crippen molar-refractivity contribution in [2.75, 3.05) is 13.1 Å². The maximum Gasteiger partial charge on any atom is 0.325 e. The number of sulfonamides is 1. The van der Waals surface area contributed by atoms with E-state index in [0.29, 0.717) is 25.2 Å². The van der Waals surface area contributed by atoms with Crippen LogP contribution in [0.15, 0.2) is 29.2 Å². The smallest absolute Gasteiger partial charge is 0.325 e. The second-order valence-corrected chi connectivity index (χ2v) is 11.1. The molecule has 10 heteroatoms. The molecular formula is C21H30N4O5S. The molecule has 170 valence electrons. The fourth-order valence-electron chi connectivity index (χ4n) is 5.04. The molecule has 1 aliphatic carbocycles. The minimum Gasteiger partial charge on any atom is -0.354 e. The Balaban J connectivity index is 1.55. The zero-order valence-corrected chi connectivity index (χ0v) is 18.9. The van der Waals surface area contributed by atoms with E-state index in [1.807, 2.05) is 0 Å². The zero-order chi connectivity index (χ0) is 23.0. The molecule has 0 radical (unpaired) electrons. The van der Waals surface area contributed by atoms with E-state index in [-0.39, 0.29) is 29.3 Å². The minimum absolute atomic E-state index is 0.0213. The molecule has 4 amide bonds. The fraction of sp³-hybridized carbons (Fsp3) is 0.571. The summed E-state index contributed by atoms with van der Waals surface area (Å²) in [5, 5.41) is 10.6. The SMILES string of the molecule is CC1CC(C)(C)CC2(C1)NC(=O)N(CC(=O)NCCc1ccc(S(N)(=O)=O)cc1)C2=O. The fourth-order valence-corrected chi connectivity index (χ4v) is 5.56. The Morgan fingerprint density at radius 3 is 2.45 bits per heavy atom. The van der Waals surface area contributed by atoms with Gasteiger partial charge < -0.3 is 10.6 Å². The van der Waals surface area contributed by atoms with E-state index in [0.717, 1.165) is 16.9 Å². The zero-order valence-electron chi connectivity index (χ0n) is 18.1. The summed E-state index contributed by atoms with van der Waals surface area (Å²) in [5.41, 5.74) is -0.179. The number of imide groups is 1. The lowest BCUT2D eigenvalue weighted by atomic mass is 9.64. The molecule has 1 saturated carbocycles. The van der Waals surface area contributed by atoms with Crippen LogP contribution < -0.4 is 15.8 Å². The van der Waals surface area contributed by atoms with Crippen LogP contribution in [0.2, 0.25) is 0 Å². The molecule has 3 rings (SSSR count). The number of carbonyl (C=O) groups is 3. The van der Waals surface area contributed by atoms with Crippen molar-refractivity contribution >= 4 is 27.9 Å². The first-order valence-corrected chi connectivity index (χ1v) is 11.9. The number of hydrogen-bond donors (Lipinski definition) is 3. The van der Waals surface area contributed by atoms with Crippen LogP contribution in [0.1, 0.15) is 45.6 Å². The predicted octanol–water partition coefficient (Wildman–Crippen LogP) is 1.13. The van der Waals surface area contributed by atoms with E-state index in [4.69, 9.17) is 5.14 Å². The van der Waals surface area contributed by atoms with Gasteiger partial charge in [0.15, 0.2) is 0 Å². The number of nitrogens with zero attached hydrogens (tertiary/aromatic N) is 1. The average Bonchev–Trinajstić information content (AvgIpc) is 2.83. The van der Waals surface area contributed by atoms with Gasteiger partial charge in [0.05, 0.1) is 4.90 Å². The first kappa shape index (κ1) is 23.2. The first-order valence-electron chi connectivity index (χ1n) is 10.3. The Hall–Kier alpha value is -2.46. The Kier molecular flexibility index (Phi) is 6.16. The summed E-state index contributed by atoms with van der Waals surface area (Å²) in [6, 6.07) is 5.54. The van der Waals surface area contributed by atoms with Gasteiger partial charge in [0, 0.05) is 6.54 Å². The van der Waals surface area contributed by atoms with E-state index in [2.05, 4.69) is 31.4 Å². The molecule has 1 aromatic rings. The highest BCUT2D eigenvalue weighted by Crippen LogP contribution is 2.46. The predicted molar refractivity (Wildman–Crippen MR) is 114 cm³/mol. The molecule has 1 heterocycles. The van der Waals surface area contributed by atoms with Crippen molar-refractivity contribution in [2.45, 2.75) is 56.9 Å². The number of benzene rings is 1. The van der Waals surface area contributed by atoms with Gasteiger partial charge in [-0.05, 0) is 54.7 Å². The highest BCUT2D eigenvalue weighted by atomic mass is 32.2. The quantitative estimate of drug-likeness (QED) is 0.558. The molecule has 2 aliphatic rings. The van der Waals surface area contributed by atoms with Crippen molar-refractivity contribution in [3.8, 4) is 0 Å². The molecule has 1 aliphatic heterocycles. The molecule has 9 nitrogen and oxygen atoms in total. The van der Waals surface area contributed by atoms with Gasteiger partial charge in [-0.1, -0.05) is 32.9 Å². The Morgan fingerprint density at radius 2 is 1.87 bits per heavy atom. The number of nitrogens with two attached hydrogens (primary N) is 1. The normalized spacial score (nSPS) is 25.5. The molecule has 1 spiro atoms. The lowest BCUT2D eigenvalue weighted by Crippen LogP contribution is -2.54. The summed E-state index contributed by atoms with van der Waals surface area (Å²) in [6.07, 6.45) is 2.58. The van der Waals surface area contributed by atoms with Crippen LogP contribution in [0, 0.1) is 11.3 Å². The third kappa shape index (κ3) is 5.24. The van der Waals surface area contributed by atoms with Gasteiger partial charge in [-0.25, -0.2) is 18.4 Å². The number of hydrogen-bond acceptors (Lipinski definition) is 5. The van der Waals surface area contributed by atoms with Gasteiger partial charge in [-0.2, -0.15) is 0 Å². The van der Waals surface area contributed by atoms with Crippen LogP contribution in [0.3, 0.4) is 0 Å². The number of rotatable bonds is 6. The minimum atomic E-state index is -3.75. The highest BCUT2D eigenvalue weighted by molar-refractivity contribution is 7.89. The van der Waals surface area contributed by atoms with Gasteiger partial charge in [-0.15, -0.1) is 0 Å². The third-order valence-electron chi connectivity index (χ3n) is 5.91. The third-order valence-corrected chi connectivity index (χ3v) is 6.84. The van der Waals surface area contributed by atoms with Gasteiger partial charge in [-0.3, -0.25) is 14.5 Å². The van der Waals surface area contributed by atoms with Crippen LogP contribution in [0.5, 0.6) is 0 Å². The molecule has 31 heavy (non-hydrogen) atoms. The van der Waals surface area contributed by atoms with Crippen LogP contribution in [0.4, 0.5) is 4.79 Å². The summed E-state index contributed by atoms with van der Waals surface area (Å²) >= 11 is 0. The Morgan fingerprint density at radius 1 is 1.23 bits per heavy atom. The second kappa shape index (κ2) is 8.23. The van der Waals surface area contributed by atoms with Crippen molar-refractivity contribution in [2.24, 2.45) is 16.5 Å². The van der Waals surface area contributed by atoms with Gasteiger partial charge in [0.25, 0.3) is 5.91 Å². The van der Waals surface area contributed by atoms with Crippen molar-refractivity contribution in [1.29, 1.82) is 0 Å². The van der Waals surface area contributed by atoms with Gasteiger partial charge in [0.1, 0.15) is 12.1 Å². The Labute approximate surface area is 182 Å². The van der Waals surface area contributed by atoms with Crippen molar-refractivity contribution in [1.82, 2.24) is 15.5 Å². The number of nitrogens with one attached hydrogen (secondary N) is 2. The van der Waals surface area contributed by atoms with Crippen LogP contribution >= 0.6 is 0 Å². The topological polar surface area (TPSA) is 139 Å². The first-order chi connectivity index (χ1) is 14.3. The molecule has 1 aromatic carbocycles.